The Hall–Kier alpha value is -2.08. The molecule has 3 rings (SSSR count). The highest BCUT2D eigenvalue weighted by Gasteiger charge is 2.18. The van der Waals surface area contributed by atoms with Gasteiger partial charge in [-0.3, -0.25) is 9.59 Å². The van der Waals surface area contributed by atoms with Crippen LogP contribution in [0.1, 0.15) is 40.0 Å². The summed E-state index contributed by atoms with van der Waals surface area (Å²) in [6, 6.07) is 5.31. The minimum atomic E-state index is -0.441. The van der Waals surface area contributed by atoms with Crippen LogP contribution in [0.15, 0.2) is 27.5 Å². The Bertz CT molecular complexity index is 842. The highest BCUT2D eigenvalue weighted by molar-refractivity contribution is 9.10. The smallest absolute Gasteiger partial charge is 0.261 e. The number of rotatable bonds is 2. The molecule has 1 amide bonds. The normalized spacial score (nSPS) is 13.5. The molecule has 0 fully saturated rings. The van der Waals surface area contributed by atoms with Gasteiger partial charge in [-0.05, 0) is 61.9 Å². The van der Waals surface area contributed by atoms with E-state index in [1.807, 2.05) is 13.0 Å². The number of anilines is 2. The maximum Gasteiger partial charge on any atom is 0.261 e. The second-order valence-corrected chi connectivity index (χ2v) is 6.78. The van der Waals surface area contributed by atoms with Gasteiger partial charge in [-0.15, -0.1) is 0 Å². The summed E-state index contributed by atoms with van der Waals surface area (Å²) in [7, 11) is 0. The van der Waals surface area contributed by atoms with Crippen LogP contribution in [0.5, 0.6) is 0 Å². The number of H-pyrrole nitrogens is 1. The highest BCUT2D eigenvalue weighted by atomic mass is 79.9. The van der Waals surface area contributed by atoms with Gasteiger partial charge in [0, 0.05) is 10.2 Å². The van der Waals surface area contributed by atoms with Crippen molar-refractivity contribution in [1.29, 1.82) is 0 Å². The van der Waals surface area contributed by atoms with E-state index in [4.69, 9.17) is 5.73 Å². The van der Waals surface area contributed by atoms with Crippen molar-refractivity contribution in [3.8, 4) is 0 Å². The van der Waals surface area contributed by atoms with Crippen LogP contribution in [-0.2, 0) is 12.8 Å². The van der Waals surface area contributed by atoms with Crippen molar-refractivity contribution in [3.05, 3.63) is 55.4 Å². The molecular formula is C17H18BrN3O2. The van der Waals surface area contributed by atoms with E-state index in [-0.39, 0.29) is 11.1 Å². The maximum absolute atomic E-state index is 12.5. The molecule has 0 radical (unpaired) electrons. The van der Waals surface area contributed by atoms with Crippen LogP contribution in [0.4, 0.5) is 11.4 Å². The number of pyridine rings is 1. The van der Waals surface area contributed by atoms with Crippen molar-refractivity contribution in [2.24, 2.45) is 0 Å². The predicted molar refractivity (Wildman–Crippen MR) is 94.9 cm³/mol. The molecule has 0 saturated heterocycles. The molecule has 1 aromatic heterocycles. The number of fused-ring (bicyclic) bond motifs is 1. The number of aromatic nitrogens is 1. The standard InChI is InChI=1S/C17H18BrN3O2/c1-9-6-11(18)8-14(15(9)19)21-17(23)12-7-10-4-2-3-5-13(10)20-16(12)22/h6-8H,2-5,19H2,1H3,(H,20,22)(H,21,23). The van der Waals surface area contributed by atoms with Crippen LogP contribution in [0.25, 0.3) is 0 Å². The van der Waals surface area contributed by atoms with E-state index in [1.54, 1.807) is 12.1 Å². The van der Waals surface area contributed by atoms with Gasteiger partial charge in [0.1, 0.15) is 5.56 Å². The summed E-state index contributed by atoms with van der Waals surface area (Å²) in [5.74, 6) is -0.441. The molecule has 0 spiro atoms. The zero-order valence-electron chi connectivity index (χ0n) is 12.8. The molecule has 0 aliphatic heterocycles. The monoisotopic (exact) mass is 375 g/mol. The van der Waals surface area contributed by atoms with E-state index in [1.165, 1.54) is 0 Å². The zero-order valence-corrected chi connectivity index (χ0v) is 14.4. The number of hydrogen-bond donors (Lipinski definition) is 3. The van der Waals surface area contributed by atoms with E-state index in [9.17, 15) is 9.59 Å². The molecule has 0 bridgehead atoms. The quantitative estimate of drug-likeness (QED) is 0.704. The Morgan fingerprint density at radius 2 is 2.00 bits per heavy atom. The van der Waals surface area contributed by atoms with Gasteiger partial charge in [0.15, 0.2) is 0 Å². The highest BCUT2D eigenvalue weighted by Crippen LogP contribution is 2.28. The molecule has 0 atom stereocenters. The van der Waals surface area contributed by atoms with Gasteiger partial charge in [0.2, 0.25) is 0 Å². The average Bonchev–Trinajstić information content (AvgIpc) is 2.51. The van der Waals surface area contributed by atoms with Crippen molar-refractivity contribution in [1.82, 2.24) is 4.98 Å². The Kier molecular flexibility index (Phi) is 4.26. The van der Waals surface area contributed by atoms with Crippen molar-refractivity contribution in [2.75, 3.05) is 11.1 Å². The summed E-state index contributed by atoms with van der Waals surface area (Å²) >= 11 is 3.38. The Morgan fingerprint density at radius 3 is 2.78 bits per heavy atom. The molecule has 1 aliphatic rings. The average molecular weight is 376 g/mol. The summed E-state index contributed by atoms with van der Waals surface area (Å²) in [6.07, 6.45) is 3.91. The summed E-state index contributed by atoms with van der Waals surface area (Å²) in [5.41, 5.74) is 9.64. The van der Waals surface area contributed by atoms with Gasteiger partial charge in [0.05, 0.1) is 11.4 Å². The van der Waals surface area contributed by atoms with Crippen LogP contribution >= 0.6 is 15.9 Å². The fraction of sp³-hybridized carbons (Fsp3) is 0.294. The lowest BCUT2D eigenvalue weighted by molar-refractivity contribution is 0.102. The van der Waals surface area contributed by atoms with Crippen molar-refractivity contribution in [2.45, 2.75) is 32.6 Å². The van der Waals surface area contributed by atoms with E-state index >= 15 is 0 Å². The third-order valence-electron chi connectivity index (χ3n) is 4.18. The fourth-order valence-electron chi connectivity index (χ4n) is 2.89. The number of hydrogen-bond acceptors (Lipinski definition) is 3. The van der Waals surface area contributed by atoms with Gasteiger partial charge in [-0.1, -0.05) is 15.9 Å². The van der Waals surface area contributed by atoms with Crippen LogP contribution in [0, 0.1) is 6.92 Å². The van der Waals surface area contributed by atoms with Crippen LogP contribution < -0.4 is 16.6 Å². The Labute approximate surface area is 142 Å². The SMILES string of the molecule is Cc1cc(Br)cc(NC(=O)c2cc3c([nH]c2=O)CCCC3)c1N. The summed E-state index contributed by atoms with van der Waals surface area (Å²) in [6.45, 7) is 1.86. The van der Waals surface area contributed by atoms with Gasteiger partial charge < -0.3 is 16.0 Å². The molecule has 6 heteroatoms. The first-order valence-corrected chi connectivity index (χ1v) is 8.37. The predicted octanol–water partition coefficient (Wildman–Crippen LogP) is 3.16. The number of nitrogen functional groups attached to an aromatic ring is 1. The van der Waals surface area contributed by atoms with Gasteiger partial charge in [0.25, 0.3) is 11.5 Å². The first-order chi connectivity index (χ1) is 11.0. The molecule has 120 valence electrons. The number of nitrogens with two attached hydrogens (primary N) is 1. The lowest BCUT2D eigenvalue weighted by Crippen LogP contribution is -2.26. The Balaban J connectivity index is 1.94. The topological polar surface area (TPSA) is 88.0 Å². The summed E-state index contributed by atoms with van der Waals surface area (Å²) < 4.78 is 0.818. The van der Waals surface area contributed by atoms with E-state index in [0.717, 1.165) is 47.0 Å². The molecule has 0 unspecified atom stereocenters. The lowest BCUT2D eigenvalue weighted by atomic mass is 9.95. The number of carbonyl (C=O) groups is 1. The summed E-state index contributed by atoms with van der Waals surface area (Å²) in [5, 5.41) is 2.74. The number of carbonyl (C=O) groups excluding carboxylic acids is 1. The van der Waals surface area contributed by atoms with Gasteiger partial charge in [-0.25, -0.2) is 0 Å². The Morgan fingerprint density at radius 1 is 1.26 bits per heavy atom. The number of aromatic amines is 1. The molecular weight excluding hydrogens is 358 g/mol. The van der Waals surface area contributed by atoms with Crippen molar-refractivity contribution < 1.29 is 4.79 Å². The number of nitrogens with one attached hydrogen (secondary N) is 2. The van der Waals surface area contributed by atoms with Gasteiger partial charge in [-0.2, -0.15) is 0 Å². The lowest BCUT2D eigenvalue weighted by Gasteiger charge is -2.16. The molecule has 5 nitrogen and oxygen atoms in total. The number of benzene rings is 1. The molecule has 23 heavy (non-hydrogen) atoms. The minimum Gasteiger partial charge on any atom is -0.397 e. The molecule has 1 aromatic carbocycles. The van der Waals surface area contributed by atoms with Crippen LogP contribution in [0.2, 0.25) is 0 Å². The fourth-order valence-corrected chi connectivity index (χ4v) is 3.46. The van der Waals surface area contributed by atoms with E-state index in [2.05, 4.69) is 26.2 Å². The second kappa shape index (κ2) is 6.20. The number of halogens is 1. The van der Waals surface area contributed by atoms with Crippen molar-refractivity contribution in [3.63, 3.8) is 0 Å². The molecule has 2 aromatic rings. The number of aryl methyl sites for hydroxylation is 3. The second-order valence-electron chi connectivity index (χ2n) is 5.86. The minimum absolute atomic E-state index is 0.127. The third kappa shape index (κ3) is 3.17. The third-order valence-corrected chi connectivity index (χ3v) is 4.64. The van der Waals surface area contributed by atoms with Crippen LogP contribution in [0.3, 0.4) is 0 Å². The molecule has 1 aliphatic carbocycles. The molecule has 1 heterocycles. The first-order valence-electron chi connectivity index (χ1n) is 7.58. The largest absolute Gasteiger partial charge is 0.397 e. The van der Waals surface area contributed by atoms with Crippen molar-refractivity contribution >= 4 is 33.2 Å². The van der Waals surface area contributed by atoms with E-state index in [0.29, 0.717) is 11.4 Å². The molecule has 0 saturated carbocycles. The van der Waals surface area contributed by atoms with E-state index < -0.39 is 5.91 Å². The maximum atomic E-state index is 12.5. The molecule has 4 N–H and O–H groups in total. The summed E-state index contributed by atoms with van der Waals surface area (Å²) in [4.78, 5) is 27.5. The van der Waals surface area contributed by atoms with Crippen LogP contribution in [-0.4, -0.2) is 10.9 Å². The number of amides is 1. The first kappa shape index (κ1) is 15.8. The zero-order chi connectivity index (χ0) is 16.6. The van der Waals surface area contributed by atoms with Gasteiger partial charge >= 0.3 is 0 Å².